The van der Waals surface area contributed by atoms with Gasteiger partial charge in [0.2, 0.25) is 0 Å². The molecular weight excluding hydrogens is 443 g/mol. The molecule has 2 rings (SSSR count). The van der Waals surface area contributed by atoms with E-state index in [9.17, 15) is 9.90 Å². The molecule has 0 amide bonds. The summed E-state index contributed by atoms with van der Waals surface area (Å²) in [5, 5.41) is 11.0. The highest BCUT2D eigenvalue weighted by Crippen LogP contribution is 2.33. The molecule has 0 aliphatic rings. The fourth-order valence-corrected chi connectivity index (χ4v) is 3.43. The van der Waals surface area contributed by atoms with Gasteiger partial charge in [-0.15, -0.1) is 0 Å². The van der Waals surface area contributed by atoms with Crippen molar-refractivity contribution in [3.63, 3.8) is 0 Å². The van der Waals surface area contributed by atoms with Crippen LogP contribution in [0.2, 0.25) is 0 Å². The van der Waals surface area contributed by atoms with Gasteiger partial charge in [0.25, 0.3) is 0 Å². The number of aliphatic hydroxyl groups excluding tert-OH is 1. The van der Waals surface area contributed by atoms with Crippen molar-refractivity contribution in [1.29, 1.82) is 0 Å². The van der Waals surface area contributed by atoms with Crippen LogP contribution in [0.25, 0.3) is 0 Å². The van der Waals surface area contributed by atoms with Crippen molar-refractivity contribution < 1.29 is 19.4 Å². The van der Waals surface area contributed by atoms with Crippen LogP contribution in [0, 0.1) is 0 Å². The molecule has 0 bridgehead atoms. The molecule has 0 spiro atoms. The van der Waals surface area contributed by atoms with E-state index in [1.165, 1.54) is 0 Å². The smallest absolute Gasteiger partial charge is 0.192 e. The third kappa shape index (κ3) is 5.23. The Bertz CT molecular complexity index is 722. The van der Waals surface area contributed by atoms with Crippen molar-refractivity contribution >= 4 is 28.4 Å². The molecule has 1 atom stereocenters. The van der Waals surface area contributed by atoms with Gasteiger partial charge in [-0.1, -0.05) is 60.7 Å². The molecule has 0 aliphatic carbocycles. The number of rotatable bonds is 9. The second kappa shape index (κ2) is 10.6. The van der Waals surface area contributed by atoms with Crippen molar-refractivity contribution in [2.45, 2.75) is 26.2 Å². The van der Waals surface area contributed by atoms with Gasteiger partial charge in [-0.2, -0.15) is 0 Å². The van der Waals surface area contributed by atoms with E-state index >= 15 is 0 Å². The minimum absolute atomic E-state index is 0.240. The standard InChI is InChI=1S/C21H23IO4/c1-3-25-21(26-4-2)18(22)17(19(23)15-11-7-5-8-12-15)20(24)16-13-9-6-10-14-16/h5-14,19,21,23H,3-4H2,1-2H3/b18-17-. The minimum atomic E-state index is -1.07. The summed E-state index contributed by atoms with van der Waals surface area (Å²) in [5.41, 5.74) is 1.43. The Morgan fingerprint density at radius 1 is 0.962 bits per heavy atom. The Balaban J connectivity index is 2.53. The molecule has 138 valence electrons. The fourth-order valence-electron chi connectivity index (χ4n) is 2.53. The maximum Gasteiger partial charge on any atom is 0.192 e. The number of carbonyl (C=O) groups excluding carboxylic acids is 1. The summed E-state index contributed by atoms with van der Waals surface area (Å²) in [4.78, 5) is 13.2. The van der Waals surface area contributed by atoms with Crippen LogP contribution in [0.1, 0.15) is 35.9 Å². The normalized spacial score (nSPS) is 13.4. The molecule has 4 nitrogen and oxygen atoms in total. The largest absolute Gasteiger partial charge is 0.383 e. The second-order valence-electron chi connectivity index (χ2n) is 5.51. The first-order chi connectivity index (χ1) is 12.6. The fraction of sp³-hybridized carbons (Fsp3) is 0.286. The quantitative estimate of drug-likeness (QED) is 0.252. The molecule has 2 aromatic rings. The van der Waals surface area contributed by atoms with Gasteiger partial charge in [0.1, 0.15) is 6.10 Å². The van der Waals surface area contributed by atoms with Gasteiger partial charge in [0, 0.05) is 24.4 Å². The van der Waals surface area contributed by atoms with Gasteiger partial charge in [0.05, 0.1) is 3.58 Å². The van der Waals surface area contributed by atoms with Gasteiger partial charge < -0.3 is 14.6 Å². The van der Waals surface area contributed by atoms with Crippen LogP contribution in [0.15, 0.2) is 69.8 Å². The highest BCUT2D eigenvalue weighted by Gasteiger charge is 2.29. The van der Waals surface area contributed by atoms with Crippen molar-refractivity contribution in [2.75, 3.05) is 13.2 Å². The molecule has 0 saturated heterocycles. The number of halogens is 1. The minimum Gasteiger partial charge on any atom is -0.383 e. The lowest BCUT2D eigenvalue weighted by atomic mass is 9.94. The zero-order valence-corrected chi connectivity index (χ0v) is 17.0. The van der Waals surface area contributed by atoms with Crippen molar-refractivity contribution in [3.8, 4) is 0 Å². The molecular formula is C21H23IO4. The van der Waals surface area contributed by atoms with Gasteiger partial charge in [-0.3, -0.25) is 4.79 Å². The molecule has 26 heavy (non-hydrogen) atoms. The first-order valence-corrected chi connectivity index (χ1v) is 9.63. The highest BCUT2D eigenvalue weighted by molar-refractivity contribution is 14.1. The van der Waals surface area contributed by atoms with Crippen LogP contribution in [0.3, 0.4) is 0 Å². The van der Waals surface area contributed by atoms with E-state index in [2.05, 4.69) is 0 Å². The molecule has 0 saturated carbocycles. The van der Waals surface area contributed by atoms with E-state index in [-0.39, 0.29) is 11.4 Å². The second-order valence-corrected chi connectivity index (χ2v) is 6.67. The molecule has 1 N–H and O–H groups in total. The average Bonchev–Trinajstić information content (AvgIpc) is 2.69. The highest BCUT2D eigenvalue weighted by atomic mass is 127. The molecule has 0 fully saturated rings. The maximum atomic E-state index is 13.2. The SMILES string of the molecule is CCOC(OCC)/C(I)=C(/C(=O)c1ccccc1)C(O)c1ccccc1. The monoisotopic (exact) mass is 466 g/mol. The first kappa shape index (κ1) is 20.8. The van der Waals surface area contributed by atoms with E-state index in [0.29, 0.717) is 27.9 Å². The van der Waals surface area contributed by atoms with Gasteiger partial charge in [0.15, 0.2) is 12.1 Å². The Morgan fingerprint density at radius 3 is 1.96 bits per heavy atom. The van der Waals surface area contributed by atoms with Gasteiger partial charge in [-0.25, -0.2) is 0 Å². The van der Waals surface area contributed by atoms with Crippen LogP contribution in [-0.2, 0) is 9.47 Å². The number of Topliss-reactive ketones (excluding diaryl/α,β-unsaturated/α-hetero) is 1. The van der Waals surface area contributed by atoms with Crippen LogP contribution in [0.5, 0.6) is 0 Å². The number of benzene rings is 2. The van der Waals surface area contributed by atoms with Crippen LogP contribution in [0.4, 0.5) is 0 Å². The van der Waals surface area contributed by atoms with E-state index in [4.69, 9.17) is 9.47 Å². The lowest BCUT2D eigenvalue weighted by Gasteiger charge is -2.22. The number of ketones is 1. The van der Waals surface area contributed by atoms with Crippen LogP contribution < -0.4 is 0 Å². The van der Waals surface area contributed by atoms with Crippen molar-refractivity contribution in [1.82, 2.24) is 0 Å². The number of hydrogen-bond donors (Lipinski definition) is 1. The van der Waals surface area contributed by atoms with E-state index in [0.717, 1.165) is 0 Å². The first-order valence-electron chi connectivity index (χ1n) is 8.55. The number of aliphatic hydroxyl groups is 1. The zero-order valence-electron chi connectivity index (χ0n) is 14.9. The van der Waals surface area contributed by atoms with E-state index in [1.807, 2.05) is 60.7 Å². The average molecular weight is 466 g/mol. The topological polar surface area (TPSA) is 55.8 Å². The summed E-state index contributed by atoms with van der Waals surface area (Å²) >= 11 is 2.05. The third-order valence-corrected chi connectivity index (χ3v) is 4.86. The summed E-state index contributed by atoms with van der Waals surface area (Å²) in [6, 6.07) is 18.0. The predicted molar refractivity (Wildman–Crippen MR) is 110 cm³/mol. The molecule has 0 aromatic heterocycles. The Kier molecular flexibility index (Phi) is 8.44. The van der Waals surface area contributed by atoms with E-state index < -0.39 is 12.4 Å². The number of ether oxygens (including phenoxy) is 2. The summed E-state index contributed by atoms with van der Waals surface area (Å²) in [6.45, 7) is 4.60. The number of carbonyl (C=O) groups is 1. The van der Waals surface area contributed by atoms with Crippen molar-refractivity contribution in [2.24, 2.45) is 0 Å². The van der Waals surface area contributed by atoms with Gasteiger partial charge >= 0.3 is 0 Å². The van der Waals surface area contributed by atoms with Crippen molar-refractivity contribution in [3.05, 3.63) is 80.9 Å². The predicted octanol–water partition coefficient (Wildman–Crippen LogP) is 4.69. The lowest BCUT2D eigenvalue weighted by molar-refractivity contribution is -0.105. The lowest BCUT2D eigenvalue weighted by Crippen LogP contribution is -2.23. The van der Waals surface area contributed by atoms with Gasteiger partial charge in [-0.05, 0) is 42.0 Å². The molecule has 1 unspecified atom stereocenters. The Labute approximate surface area is 168 Å². The summed E-state index contributed by atoms with van der Waals surface area (Å²) in [5.74, 6) is -0.240. The number of hydrogen-bond acceptors (Lipinski definition) is 4. The molecule has 0 heterocycles. The maximum absolute atomic E-state index is 13.2. The molecule has 0 aliphatic heterocycles. The summed E-state index contributed by atoms with van der Waals surface area (Å²) in [6.07, 6.45) is -1.76. The Morgan fingerprint density at radius 2 is 1.46 bits per heavy atom. The van der Waals surface area contributed by atoms with Crippen LogP contribution in [-0.4, -0.2) is 30.4 Å². The summed E-state index contributed by atoms with van der Waals surface area (Å²) < 4.78 is 11.8. The van der Waals surface area contributed by atoms with E-state index in [1.54, 1.807) is 36.4 Å². The summed E-state index contributed by atoms with van der Waals surface area (Å²) in [7, 11) is 0. The molecule has 5 heteroatoms. The molecule has 2 aromatic carbocycles. The molecule has 0 radical (unpaired) electrons. The Hall–Kier alpha value is -1.54. The third-order valence-electron chi connectivity index (χ3n) is 3.77. The van der Waals surface area contributed by atoms with Crippen LogP contribution >= 0.6 is 22.6 Å². The zero-order chi connectivity index (χ0) is 18.9.